The highest BCUT2D eigenvalue weighted by molar-refractivity contribution is 6.30. The van der Waals surface area contributed by atoms with E-state index in [4.69, 9.17) is 14.4 Å². The topological polar surface area (TPSA) is 43.9 Å². The van der Waals surface area contributed by atoms with Crippen molar-refractivity contribution in [1.29, 1.82) is 0 Å². The van der Waals surface area contributed by atoms with E-state index in [0.717, 1.165) is 55.5 Å². The van der Waals surface area contributed by atoms with Crippen LogP contribution in [-0.2, 0) is 5.41 Å². The van der Waals surface area contributed by atoms with Crippen molar-refractivity contribution in [3.05, 3.63) is 151 Å². The van der Waals surface area contributed by atoms with Gasteiger partial charge in [0.1, 0.15) is 11.2 Å². The van der Waals surface area contributed by atoms with Crippen LogP contribution >= 0.6 is 0 Å². The predicted molar refractivity (Wildman–Crippen MR) is 192 cm³/mol. The second kappa shape index (κ2) is 9.51. The lowest BCUT2D eigenvalue weighted by Gasteiger charge is -2.21. The molecule has 0 bridgehead atoms. The molecule has 0 saturated carbocycles. The summed E-state index contributed by atoms with van der Waals surface area (Å²) in [5.74, 6) is 0.633. The summed E-state index contributed by atoms with van der Waals surface area (Å²) in [6, 6.07) is 48.8. The minimum Gasteiger partial charge on any atom is -0.456 e. The maximum Gasteiger partial charge on any atom is 0.235 e. The van der Waals surface area contributed by atoms with Gasteiger partial charge in [0.15, 0.2) is 0 Å². The van der Waals surface area contributed by atoms with Crippen molar-refractivity contribution in [1.82, 2.24) is 14.5 Å². The molecule has 0 N–H and O–H groups in total. The Morgan fingerprint density at radius 3 is 1.91 bits per heavy atom. The normalized spacial score (nSPS) is 13.5. The molecule has 0 amide bonds. The highest BCUT2D eigenvalue weighted by Crippen LogP contribution is 2.57. The fourth-order valence-electron chi connectivity index (χ4n) is 7.93. The lowest BCUT2D eigenvalue weighted by atomic mass is 9.81. The van der Waals surface area contributed by atoms with E-state index in [-0.39, 0.29) is 5.41 Å². The summed E-state index contributed by atoms with van der Waals surface area (Å²) < 4.78 is 9.17. The molecule has 0 saturated heterocycles. The third kappa shape index (κ3) is 3.58. The van der Waals surface area contributed by atoms with Crippen molar-refractivity contribution in [2.45, 2.75) is 19.3 Å². The summed E-state index contributed by atoms with van der Waals surface area (Å²) in [5.41, 5.74) is 12.6. The fraction of sp³-hybridized carbons (Fsp3) is 0.0698. The summed E-state index contributed by atoms with van der Waals surface area (Å²) in [6.07, 6.45) is 0. The number of nitrogens with zero attached hydrogens (tertiary/aromatic N) is 3. The molecular weight excluding hydrogens is 574 g/mol. The van der Waals surface area contributed by atoms with Crippen LogP contribution < -0.4 is 0 Å². The molecule has 9 aromatic rings. The Labute approximate surface area is 271 Å². The molecule has 3 heterocycles. The number of fused-ring (bicyclic) bond motifs is 12. The average molecular weight is 604 g/mol. The molecule has 0 spiro atoms. The quantitative estimate of drug-likeness (QED) is 0.202. The van der Waals surface area contributed by atoms with E-state index in [0.29, 0.717) is 5.95 Å². The van der Waals surface area contributed by atoms with E-state index in [9.17, 15) is 0 Å². The van der Waals surface area contributed by atoms with Crippen LogP contribution in [0.25, 0.3) is 83.3 Å². The van der Waals surface area contributed by atoms with Gasteiger partial charge < -0.3 is 4.42 Å². The first-order valence-corrected chi connectivity index (χ1v) is 16.1. The monoisotopic (exact) mass is 603 g/mol. The van der Waals surface area contributed by atoms with Crippen molar-refractivity contribution in [2.75, 3.05) is 0 Å². The molecular formula is C43H29N3O. The van der Waals surface area contributed by atoms with Gasteiger partial charge in [0.2, 0.25) is 5.95 Å². The van der Waals surface area contributed by atoms with Gasteiger partial charge in [-0.05, 0) is 34.9 Å². The molecule has 4 heteroatoms. The van der Waals surface area contributed by atoms with Gasteiger partial charge in [-0.3, -0.25) is 4.57 Å². The Morgan fingerprint density at radius 2 is 1.19 bits per heavy atom. The molecule has 6 aromatic carbocycles. The van der Waals surface area contributed by atoms with Gasteiger partial charge in [0, 0.05) is 38.3 Å². The van der Waals surface area contributed by atoms with Crippen molar-refractivity contribution in [3.63, 3.8) is 0 Å². The van der Waals surface area contributed by atoms with E-state index in [1.54, 1.807) is 0 Å². The molecule has 0 radical (unpaired) electrons. The lowest BCUT2D eigenvalue weighted by molar-refractivity contribution is 0.620. The first-order valence-electron chi connectivity index (χ1n) is 16.1. The molecule has 0 atom stereocenters. The summed E-state index contributed by atoms with van der Waals surface area (Å²) in [5, 5.41) is 4.58. The zero-order chi connectivity index (χ0) is 31.3. The standard InChI is InChI=1S/C43H29N3O/c1-43(2)31-22-12-9-19-28(31)36-37-29-20-10-13-23-34(29)46(40(37)38-30-21-11-14-24-35(30)47-41(38)39(36)43)42-44-32(26-15-5-3-6-16-26)25-33(45-42)27-17-7-4-8-18-27/h3-25H,1-2H3. The molecule has 10 rings (SSSR count). The summed E-state index contributed by atoms with van der Waals surface area (Å²) in [4.78, 5) is 10.7. The minimum absolute atomic E-state index is 0.250. The maximum absolute atomic E-state index is 6.89. The van der Waals surface area contributed by atoms with E-state index in [2.05, 4.69) is 146 Å². The number of hydrogen-bond donors (Lipinski definition) is 0. The highest BCUT2D eigenvalue weighted by atomic mass is 16.3. The molecule has 0 aliphatic heterocycles. The number of para-hydroxylation sites is 2. The average Bonchev–Trinajstić information content (AvgIpc) is 3.75. The van der Waals surface area contributed by atoms with Gasteiger partial charge in [0.25, 0.3) is 0 Å². The highest BCUT2D eigenvalue weighted by Gasteiger charge is 2.41. The number of furan rings is 1. The third-order valence-electron chi connectivity index (χ3n) is 9.98. The van der Waals surface area contributed by atoms with Crippen LogP contribution in [0.2, 0.25) is 0 Å². The number of benzene rings is 6. The van der Waals surface area contributed by atoms with Crippen LogP contribution in [-0.4, -0.2) is 14.5 Å². The summed E-state index contributed by atoms with van der Waals surface area (Å²) >= 11 is 0. The molecule has 0 unspecified atom stereocenters. The van der Waals surface area contributed by atoms with Crippen molar-refractivity contribution >= 4 is 43.7 Å². The minimum atomic E-state index is -0.250. The van der Waals surface area contributed by atoms with Crippen LogP contribution in [0.15, 0.2) is 144 Å². The van der Waals surface area contributed by atoms with E-state index in [1.807, 2.05) is 12.1 Å². The van der Waals surface area contributed by atoms with Crippen molar-refractivity contribution in [2.24, 2.45) is 0 Å². The molecule has 4 nitrogen and oxygen atoms in total. The van der Waals surface area contributed by atoms with Gasteiger partial charge >= 0.3 is 0 Å². The van der Waals surface area contributed by atoms with E-state index >= 15 is 0 Å². The van der Waals surface area contributed by atoms with Crippen LogP contribution in [0.1, 0.15) is 25.0 Å². The third-order valence-corrected chi connectivity index (χ3v) is 9.98. The fourth-order valence-corrected chi connectivity index (χ4v) is 7.93. The van der Waals surface area contributed by atoms with Crippen LogP contribution in [0, 0.1) is 0 Å². The summed E-state index contributed by atoms with van der Waals surface area (Å²) in [6.45, 7) is 4.65. The zero-order valence-electron chi connectivity index (χ0n) is 26.0. The first kappa shape index (κ1) is 26.2. The largest absolute Gasteiger partial charge is 0.456 e. The molecule has 1 aliphatic rings. The number of hydrogen-bond acceptors (Lipinski definition) is 3. The number of rotatable bonds is 3. The first-order chi connectivity index (χ1) is 23.1. The van der Waals surface area contributed by atoms with E-state index in [1.165, 1.54) is 33.0 Å². The van der Waals surface area contributed by atoms with E-state index < -0.39 is 0 Å². The van der Waals surface area contributed by atoms with Crippen molar-refractivity contribution < 1.29 is 4.42 Å². The van der Waals surface area contributed by atoms with Gasteiger partial charge in [-0.2, -0.15) is 0 Å². The second-order valence-electron chi connectivity index (χ2n) is 13.0. The van der Waals surface area contributed by atoms with Gasteiger partial charge in [-0.15, -0.1) is 0 Å². The Balaban J connectivity index is 1.44. The molecule has 0 fully saturated rings. The zero-order valence-corrected chi connectivity index (χ0v) is 26.0. The van der Waals surface area contributed by atoms with Crippen LogP contribution in [0.3, 0.4) is 0 Å². The van der Waals surface area contributed by atoms with Gasteiger partial charge in [-0.25, -0.2) is 9.97 Å². The van der Waals surface area contributed by atoms with Crippen LogP contribution in [0.4, 0.5) is 0 Å². The Morgan fingerprint density at radius 1 is 0.596 bits per heavy atom. The van der Waals surface area contributed by atoms with Gasteiger partial charge in [0.05, 0.1) is 27.8 Å². The maximum atomic E-state index is 6.89. The van der Waals surface area contributed by atoms with Gasteiger partial charge in [-0.1, -0.05) is 135 Å². The second-order valence-corrected chi connectivity index (χ2v) is 13.0. The molecule has 222 valence electrons. The predicted octanol–water partition coefficient (Wildman–Crippen LogP) is 11.1. The Kier molecular flexibility index (Phi) is 5.31. The van der Waals surface area contributed by atoms with Crippen LogP contribution in [0.5, 0.6) is 0 Å². The smallest absolute Gasteiger partial charge is 0.235 e. The lowest BCUT2D eigenvalue weighted by Crippen LogP contribution is -2.15. The SMILES string of the molecule is CC1(C)c2ccccc2-c2c1c1oc3ccccc3c1c1c2c2ccccc2n1-c1nc(-c2ccccc2)cc(-c2ccccc2)n1. The number of aromatic nitrogens is 3. The molecule has 1 aliphatic carbocycles. The van der Waals surface area contributed by atoms with Crippen molar-refractivity contribution in [3.8, 4) is 39.6 Å². The molecule has 47 heavy (non-hydrogen) atoms. The Bertz CT molecular complexity index is 2640. The molecule has 3 aromatic heterocycles. The summed E-state index contributed by atoms with van der Waals surface area (Å²) in [7, 11) is 0. The Hall–Kier alpha value is -6.00.